The minimum absolute atomic E-state index is 0. The fourth-order valence-corrected chi connectivity index (χ4v) is 4.06. The Labute approximate surface area is 149 Å². The Bertz CT molecular complexity index is 673. The number of ether oxygens (including phenoxy) is 1. The smallest absolute Gasteiger partial charge is 0.246 e. The first-order valence-corrected chi connectivity index (χ1v) is 9.13. The van der Waals surface area contributed by atoms with Crippen molar-refractivity contribution in [1.82, 2.24) is 4.31 Å². The maximum atomic E-state index is 12.8. The summed E-state index contributed by atoms with van der Waals surface area (Å²) < 4.78 is 32.5. The first kappa shape index (κ1) is 20.7. The molecule has 1 aromatic rings. The molecule has 1 amide bonds. The molecule has 0 aromatic heterocycles. The fraction of sp³-hybridized carbons (Fsp3) is 0.533. The van der Waals surface area contributed by atoms with Crippen molar-refractivity contribution in [1.29, 1.82) is 0 Å². The largest absolute Gasteiger partial charge is 0.492 e. The summed E-state index contributed by atoms with van der Waals surface area (Å²) in [5.74, 6) is -0.0862. The molecule has 0 aliphatic carbocycles. The van der Waals surface area contributed by atoms with Crippen LogP contribution in [0.3, 0.4) is 0 Å². The Kier molecular flexibility index (Phi) is 7.47. The van der Waals surface area contributed by atoms with Gasteiger partial charge in [-0.1, -0.05) is 0 Å². The average Bonchev–Trinajstić information content (AvgIpc) is 3.03. The number of amides is 1. The van der Waals surface area contributed by atoms with Crippen LogP contribution in [0.1, 0.15) is 26.7 Å². The van der Waals surface area contributed by atoms with Crippen LogP contribution in [0.25, 0.3) is 0 Å². The van der Waals surface area contributed by atoms with Crippen molar-refractivity contribution in [3.05, 3.63) is 18.2 Å². The number of benzene rings is 1. The molecule has 0 radical (unpaired) electrons. The molecule has 9 heteroatoms. The normalized spacial score (nSPS) is 16.3. The number of nitrogens with one attached hydrogen (secondary N) is 1. The molecule has 0 unspecified atom stereocenters. The molecular formula is C15H24ClN3O4S. The number of nitrogens with zero attached hydrogens (tertiary/aromatic N) is 1. The van der Waals surface area contributed by atoms with Crippen molar-refractivity contribution in [3.63, 3.8) is 0 Å². The number of nitrogens with two attached hydrogens (primary N) is 1. The number of rotatable bonds is 6. The lowest BCUT2D eigenvalue weighted by molar-refractivity contribution is -0.117. The van der Waals surface area contributed by atoms with Gasteiger partial charge in [-0.25, -0.2) is 8.42 Å². The number of carbonyl (C=O) groups is 1. The highest BCUT2D eigenvalue weighted by Gasteiger charge is 2.30. The monoisotopic (exact) mass is 377 g/mol. The predicted molar refractivity (Wildman–Crippen MR) is 95.1 cm³/mol. The van der Waals surface area contributed by atoms with Gasteiger partial charge in [0.25, 0.3) is 0 Å². The summed E-state index contributed by atoms with van der Waals surface area (Å²) in [6, 6.07) is 3.91. The van der Waals surface area contributed by atoms with Gasteiger partial charge in [0.1, 0.15) is 10.6 Å². The van der Waals surface area contributed by atoms with Crippen LogP contribution < -0.4 is 15.8 Å². The van der Waals surface area contributed by atoms with Crippen molar-refractivity contribution in [2.45, 2.75) is 37.6 Å². The molecule has 1 heterocycles. The Balaban J connectivity index is 0.00000288. The molecule has 1 fully saturated rings. The number of hydrogen-bond acceptors (Lipinski definition) is 5. The highest BCUT2D eigenvalue weighted by Crippen LogP contribution is 2.31. The summed E-state index contributed by atoms with van der Waals surface area (Å²) in [7, 11) is -3.64. The molecule has 3 N–H and O–H groups in total. The summed E-state index contributed by atoms with van der Waals surface area (Å²) in [6.45, 7) is 4.71. The Morgan fingerprint density at radius 2 is 2.00 bits per heavy atom. The van der Waals surface area contributed by atoms with Gasteiger partial charge in [0.15, 0.2) is 0 Å². The minimum Gasteiger partial charge on any atom is -0.492 e. The van der Waals surface area contributed by atoms with Crippen molar-refractivity contribution in [2.24, 2.45) is 5.73 Å². The second kappa shape index (κ2) is 8.66. The topological polar surface area (TPSA) is 102 Å². The van der Waals surface area contributed by atoms with Crippen LogP contribution in [-0.4, -0.2) is 44.4 Å². The van der Waals surface area contributed by atoms with E-state index in [0.717, 1.165) is 12.8 Å². The average molecular weight is 378 g/mol. The third kappa shape index (κ3) is 4.60. The molecule has 1 aliphatic rings. The van der Waals surface area contributed by atoms with Crippen LogP contribution >= 0.6 is 12.4 Å². The van der Waals surface area contributed by atoms with E-state index in [1.807, 2.05) is 0 Å². The third-order valence-corrected chi connectivity index (χ3v) is 5.53. The molecule has 1 atom stereocenters. The Morgan fingerprint density at radius 3 is 2.54 bits per heavy atom. The second-order valence-corrected chi connectivity index (χ2v) is 7.39. The van der Waals surface area contributed by atoms with Gasteiger partial charge in [-0.05, 0) is 44.9 Å². The van der Waals surface area contributed by atoms with E-state index in [1.165, 1.54) is 10.4 Å². The molecule has 1 aliphatic heterocycles. The molecule has 1 aromatic carbocycles. The molecule has 24 heavy (non-hydrogen) atoms. The van der Waals surface area contributed by atoms with E-state index in [0.29, 0.717) is 25.4 Å². The van der Waals surface area contributed by atoms with Gasteiger partial charge in [-0.2, -0.15) is 4.31 Å². The van der Waals surface area contributed by atoms with Gasteiger partial charge < -0.3 is 15.8 Å². The van der Waals surface area contributed by atoms with E-state index in [9.17, 15) is 13.2 Å². The summed E-state index contributed by atoms with van der Waals surface area (Å²) >= 11 is 0. The van der Waals surface area contributed by atoms with E-state index in [2.05, 4.69) is 5.32 Å². The fourth-order valence-electron chi connectivity index (χ4n) is 2.39. The lowest BCUT2D eigenvalue weighted by Crippen LogP contribution is -2.32. The summed E-state index contributed by atoms with van der Waals surface area (Å²) in [5.41, 5.74) is 5.90. The molecule has 7 nitrogen and oxygen atoms in total. The lowest BCUT2D eigenvalue weighted by Gasteiger charge is -2.19. The Morgan fingerprint density at radius 1 is 1.38 bits per heavy atom. The SMILES string of the molecule is CCOc1ccc(NC(=O)[C@H](C)N)cc1S(=O)(=O)N1CCCC1.Cl. The molecular weight excluding hydrogens is 354 g/mol. The van der Waals surface area contributed by atoms with Crippen LogP contribution in [0.5, 0.6) is 5.75 Å². The maximum absolute atomic E-state index is 12.8. The standard InChI is InChI=1S/C15H23N3O4S.ClH/c1-3-22-13-7-6-12(17-15(19)11(2)16)10-14(13)23(20,21)18-8-4-5-9-18;/h6-7,10-11H,3-5,8-9,16H2,1-2H3,(H,17,19);1H/t11-;/m0./s1. The van der Waals surface area contributed by atoms with Crippen LogP contribution in [0.4, 0.5) is 5.69 Å². The number of sulfonamides is 1. The van der Waals surface area contributed by atoms with Crippen molar-refractivity contribution in [3.8, 4) is 5.75 Å². The van der Waals surface area contributed by atoms with Gasteiger partial charge in [-0.3, -0.25) is 4.79 Å². The third-order valence-electron chi connectivity index (χ3n) is 3.61. The van der Waals surface area contributed by atoms with Crippen molar-refractivity contribution >= 4 is 34.0 Å². The zero-order valence-corrected chi connectivity index (χ0v) is 15.5. The zero-order chi connectivity index (χ0) is 17.0. The number of halogens is 1. The minimum atomic E-state index is -3.64. The number of carbonyl (C=O) groups excluding carboxylic acids is 1. The Hall–Kier alpha value is -1.35. The van der Waals surface area contributed by atoms with E-state index in [4.69, 9.17) is 10.5 Å². The number of hydrogen-bond donors (Lipinski definition) is 2. The van der Waals surface area contributed by atoms with Gasteiger partial charge in [0.05, 0.1) is 12.6 Å². The summed E-state index contributed by atoms with van der Waals surface area (Å²) in [5, 5.41) is 2.61. The lowest BCUT2D eigenvalue weighted by atomic mass is 10.2. The van der Waals surface area contributed by atoms with Gasteiger partial charge in [0, 0.05) is 18.8 Å². The molecule has 136 valence electrons. The first-order chi connectivity index (χ1) is 10.9. The molecule has 0 bridgehead atoms. The van der Waals surface area contributed by atoms with Crippen LogP contribution in [0, 0.1) is 0 Å². The predicted octanol–water partition coefficient (Wildman–Crippen LogP) is 1.58. The van der Waals surface area contributed by atoms with Crippen LogP contribution in [-0.2, 0) is 14.8 Å². The van der Waals surface area contributed by atoms with E-state index < -0.39 is 16.1 Å². The van der Waals surface area contributed by atoms with Crippen LogP contribution in [0.15, 0.2) is 23.1 Å². The van der Waals surface area contributed by atoms with E-state index in [1.54, 1.807) is 26.0 Å². The zero-order valence-electron chi connectivity index (χ0n) is 13.8. The molecule has 0 spiro atoms. The van der Waals surface area contributed by atoms with E-state index >= 15 is 0 Å². The quantitative estimate of drug-likeness (QED) is 0.783. The highest BCUT2D eigenvalue weighted by molar-refractivity contribution is 7.89. The summed E-state index contributed by atoms with van der Waals surface area (Å²) in [4.78, 5) is 11.8. The molecule has 0 saturated carbocycles. The van der Waals surface area contributed by atoms with Crippen molar-refractivity contribution in [2.75, 3.05) is 25.0 Å². The first-order valence-electron chi connectivity index (χ1n) is 7.69. The number of anilines is 1. The molecule has 2 rings (SSSR count). The van der Waals surface area contributed by atoms with Crippen LogP contribution in [0.2, 0.25) is 0 Å². The highest BCUT2D eigenvalue weighted by atomic mass is 35.5. The van der Waals surface area contributed by atoms with Gasteiger partial charge in [-0.15, -0.1) is 12.4 Å². The van der Waals surface area contributed by atoms with Gasteiger partial charge >= 0.3 is 0 Å². The summed E-state index contributed by atoms with van der Waals surface area (Å²) in [6.07, 6.45) is 1.70. The molecule has 1 saturated heterocycles. The van der Waals surface area contributed by atoms with Crippen molar-refractivity contribution < 1.29 is 17.9 Å². The maximum Gasteiger partial charge on any atom is 0.246 e. The second-order valence-electron chi connectivity index (χ2n) is 5.48. The van der Waals surface area contributed by atoms with E-state index in [-0.39, 0.29) is 29.0 Å². The van der Waals surface area contributed by atoms with Gasteiger partial charge in [0.2, 0.25) is 15.9 Å².